The first-order valence-electron chi connectivity index (χ1n) is 12.7. The second-order valence-corrected chi connectivity index (χ2v) is 10.6. The van der Waals surface area contributed by atoms with Gasteiger partial charge in [0.25, 0.3) is 0 Å². The number of hydrogen-bond acceptors (Lipinski definition) is 4. The van der Waals surface area contributed by atoms with Gasteiger partial charge in [0.15, 0.2) is 0 Å². The van der Waals surface area contributed by atoms with Crippen molar-refractivity contribution in [2.24, 2.45) is 0 Å². The minimum absolute atomic E-state index is 0.0349. The number of carbonyl (C=O) groups excluding carboxylic acids is 1. The van der Waals surface area contributed by atoms with Crippen LogP contribution in [0.5, 0.6) is 5.75 Å². The topological polar surface area (TPSA) is 56.1 Å². The van der Waals surface area contributed by atoms with E-state index in [-0.39, 0.29) is 5.91 Å². The molecule has 6 heteroatoms. The predicted octanol–water partition coefficient (Wildman–Crippen LogP) is 7.36. The molecule has 1 aromatic heterocycles. The van der Waals surface area contributed by atoms with Crippen molar-refractivity contribution in [3.05, 3.63) is 108 Å². The molecule has 0 radical (unpaired) electrons. The molecule has 4 aromatic carbocycles. The summed E-state index contributed by atoms with van der Waals surface area (Å²) in [6.07, 6.45) is 0.340. The SMILES string of the molecule is CCSc1ccc(CC(=O)Nc2ccc(-c3nc4ccc(OC)cc4n3Cc3ccc(C)cc3)cc2)cc1. The molecule has 0 aliphatic heterocycles. The average Bonchev–Trinajstić information content (AvgIpc) is 3.29. The number of nitrogens with zero attached hydrogens (tertiary/aromatic N) is 2. The molecule has 1 N–H and O–H groups in total. The zero-order valence-electron chi connectivity index (χ0n) is 21.9. The first-order valence-corrected chi connectivity index (χ1v) is 13.7. The Labute approximate surface area is 227 Å². The number of nitrogens with one attached hydrogen (secondary N) is 1. The van der Waals surface area contributed by atoms with Crippen molar-refractivity contribution in [2.75, 3.05) is 18.2 Å². The van der Waals surface area contributed by atoms with Gasteiger partial charge in [0.05, 0.1) is 24.6 Å². The van der Waals surface area contributed by atoms with Gasteiger partial charge in [-0.05, 0) is 72.3 Å². The molecule has 0 aliphatic carbocycles. The van der Waals surface area contributed by atoms with E-state index in [2.05, 4.69) is 60.1 Å². The van der Waals surface area contributed by atoms with Gasteiger partial charge in [0, 0.05) is 28.8 Å². The van der Waals surface area contributed by atoms with E-state index in [0.717, 1.165) is 45.2 Å². The summed E-state index contributed by atoms with van der Waals surface area (Å²) >= 11 is 1.80. The zero-order valence-corrected chi connectivity index (χ0v) is 22.7. The van der Waals surface area contributed by atoms with Crippen LogP contribution in [0.2, 0.25) is 0 Å². The Bertz CT molecular complexity index is 1540. The highest BCUT2D eigenvalue weighted by Gasteiger charge is 2.15. The molecule has 0 aliphatic rings. The van der Waals surface area contributed by atoms with Gasteiger partial charge in [-0.3, -0.25) is 4.79 Å². The third kappa shape index (κ3) is 5.92. The quantitative estimate of drug-likeness (QED) is 0.206. The number of benzene rings is 4. The highest BCUT2D eigenvalue weighted by molar-refractivity contribution is 7.99. The van der Waals surface area contributed by atoms with Crippen LogP contribution in [0.3, 0.4) is 0 Å². The monoisotopic (exact) mass is 521 g/mol. The summed E-state index contributed by atoms with van der Waals surface area (Å²) in [7, 11) is 1.68. The molecule has 1 heterocycles. The normalized spacial score (nSPS) is 11.0. The van der Waals surface area contributed by atoms with E-state index in [4.69, 9.17) is 9.72 Å². The van der Waals surface area contributed by atoms with Gasteiger partial charge in [-0.2, -0.15) is 0 Å². The van der Waals surface area contributed by atoms with Crippen LogP contribution in [-0.4, -0.2) is 28.3 Å². The lowest BCUT2D eigenvalue weighted by Gasteiger charge is -2.11. The number of ether oxygens (including phenoxy) is 1. The standard InChI is InChI=1S/C32H31N3O2S/c1-4-38-28-16-9-23(10-17-28)19-31(36)33-26-13-11-25(12-14-26)32-34-29-18-15-27(37-3)20-30(29)35(32)21-24-7-5-22(2)6-8-24/h5-18,20H,4,19,21H2,1-3H3,(H,33,36). The smallest absolute Gasteiger partial charge is 0.228 e. The minimum Gasteiger partial charge on any atom is -0.497 e. The van der Waals surface area contributed by atoms with Crippen LogP contribution in [0.25, 0.3) is 22.4 Å². The van der Waals surface area contributed by atoms with Crippen molar-refractivity contribution in [1.29, 1.82) is 0 Å². The van der Waals surface area contributed by atoms with Gasteiger partial charge >= 0.3 is 0 Å². The Balaban J connectivity index is 1.37. The lowest BCUT2D eigenvalue weighted by Crippen LogP contribution is -2.14. The molecule has 5 aromatic rings. The van der Waals surface area contributed by atoms with Crippen LogP contribution in [0.1, 0.15) is 23.6 Å². The molecule has 0 atom stereocenters. The molecule has 5 nitrogen and oxygen atoms in total. The number of rotatable bonds is 9. The molecule has 1 amide bonds. The van der Waals surface area contributed by atoms with Crippen LogP contribution in [0.4, 0.5) is 5.69 Å². The van der Waals surface area contributed by atoms with Crippen molar-refractivity contribution < 1.29 is 9.53 Å². The maximum absolute atomic E-state index is 12.7. The van der Waals surface area contributed by atoms with E-state index in [1.165, 1.54) is 16.0 Å². The first kappa shape index (κ1) is 25.6. The number of thioether (sulfide) groups is 1. The summed E-state index contributed by atoms with van der Waals surface area (Å²) in [6.45, 7) is 4.91. The number of amides is 1. The lowest BCUT2D eigenvalue weighted by atomic mass is 10.1. The summed E-state index contributed by atoms with van der Waals surface area (Å²) in [5, 5.41) is 3.02. The molecule has 192 valence electrons. The minimum atomic E-state index is -0.0349. The van der Waals surface area contributed by atoms with E-state index in [9.17, 15) is 4.79 Å². The van der Waals surface area contributed by atoms with E-state index in [0.29, 0.717) is 13.0 Å². The number of aryl methyl sites for hydroxylation is 1. The van der Waals surface area contributed by atoms with E-state index in [1.807, 2.05) is 54.6 Å². The van der Waals surface area contributed by atoms with Crippen molar-refractivity contribution in [3.8, 4) is 17.1 Å². The zero-order chi connectivity index (χ0) is 26.5. The highest BCUT2D eigenvalue weighted by atomic mass is 32.2. The first-order chi connectivity index (χ1) is 18.5. The largest absolute Gasteiger partial charge is 0.497 e. The third-order valence-electron chi connectivity index (χ3n) is 6.44. The van der Waals surface area contributed by atoms with Crippen molar-refractivity contribution >= 4 is 34.4 Å². The number of aromatic nitrogens is 2. The van der Waals surface area contributed by atoms with Crippen LogP contribution in [0, 0.1) is 6.92 Å². The van der Waals surface area contributed by atoms with Gasteiger partial charge < -0.3 is 14.6 Å². The molecule has 0 bridgehead atoms. The van der Waals surface area contributed by atoms with Crippen LogP contribution in [0.15, 0.2) is 95.9 Å². The Morgan fingerprint density at radius 3 is 2.32 bits per heavy atom. The number of imidazole rings is 1. The molecule has 0 fully saturated rings. The Morgan fingerprint density at radius 2 is 1.63 bits per heavy atom. The number of fused-ring (bicyclic) bond motifs is 1. The summed E-state index contributed by atoms with van der Waals surface area (Å²) in [6, 6.07) is 30.6. The number of hydrogen-bond donors (Lipinski definition) is 1. The van der Waals surface area contributed by atoms with Crippen LogP contribution >= 0.6 is 11.8 Å². The maximum Gasteiger partial charge on any atom is 0.228 e. The maximum atomic E-state index is 12.7. The summed E-state index contributed by atoms with van der Waals surface area (Å²) < 4.78 is 7.71. The summed E-state index contributed by atoms with van der Waals surface area (Å²) in [4.78, 5) is 18.8. The van der Waals surface area contributed by atoms with Crippen molar-refractivity contribution in [2.45, 2.75) is 31.7 Å². The second-order valence-electron chi connectivity index (χ2n) is 9.24. The third-order valence-corrected chi connectivity index (χ3v) is 7.34. The fraction of sp³-hybridized carbons (Fsp3) is 0.188. The van der Waals surface area contributed by atoms with Gasteiger partial charge in [-0.25, -0.2) is 4.98 Å². The summed E-state index contributed by atoms with van der Waals surface area (Å²) in [5.74, 6) is 2.67. The molecular formula is C32H31N3O2S. The van der Waals surface area contributed by atoms with Crippen LogP contribution in [-0.2, 0) is 17.8 Å². The van der Waals surface area contributed by atoms with Crippen molar-refractivity contribution in [3.63, 3.8) is 0 Å². The predicted molar refractivity (Wildman–Crippen MR) is 157 cm³/mol. The van der Waals surface area contributed by atoms with E-state index in [1.54, 1.807) is 18.9 Å². The Kier molecular flexibility index (Phi) is 7.80. The molecule has 5 rings (SSSR count). The number of anilines is 1. The second kappa shape index (κ2) is 11.6. The molecule has 0 spiro atoms. The van der Waals surface area contributed by atoms with Gasteiger partial charge in [0.1, 0.15) is 11.6 Å². The van der Waals surface area contributed by atoms with Gasteiger partial charge in [-0.15, -0.1) is 11.8 Å². The van der Waals surface area contributed by atoms with Crippen LogP contribution < -0.4 is 10.1 Å². The van der Waals surface area contributed by atoms with E-state index < -0.39 is 0 Å². The number of carbonyl (C=O) groups is 1. The Morgan fingerprint density at radius 1 is 0.921 bits per heavy atom. The van der Waals surface area contributed by atoms with E-state index >= 15 is 0 Å². The van der Waals surface area contributed by atoms with Gasteiger partial charge in [0.2, 0.25) is 5.91 Å². The molecule has 0 saturated heterocycles. The summed E-state index contributed by atoms with van der Waals surface area (Å²) in [5.41, 5.74) is 7.10. The number of methoxy groups -OCH3 is 1. The molecule has 0 saturated carbocycles. The average molecular weight is 522 g/mol. The molecule has 38 heavy (non-hydrogen) atoms. The molecule has 0 unspecified atom stereocenters. The highest BCUT2D eigenvalue weighted by Crippen LogP contribution is 2.29. The van der Waals surface area contributed by atoms with Crippen molar-refractivity contribution in [1.82, 2.24) is 9.55 Å². The van der Waals surface area contributed by atoms with Gasteiger partial charge in [-0.1, -0.05) is 48.9 Å². The fourth-order valence-electron chi connectivity index (χ4n) is 4.45. The lowest BCUT2D eigenvalue weighted by molar-refractivity contribution is -0.115. The fourth-order valence-corrected chi connectivity index (χ4v) is 5.11. The Hall–Kier alpha value is -4.03. The molecular weight excluding hydrogens is 490 g/mol.